The average molecular weight is 377 g/mol. The molecule has 1 atom stereocenters. The third-order valence-electron chi connectivity index (χ3n) is 4.50. The van der Waals surface area contributed by atoms with Gasteiger partial charge >= 0.3 is 8.80 Å². The van der Waals surface area contributed by atoms with E-state index in [-0.39, 0.29) is 11.1 Å². The molecule has 0 saturated carbocycles. The maximum absolute atomic E-state index is 6.33. The topological polar surface area (TPSA) is 65.7 Å². The Kier molecular flexibility index (Phi) is 12.4. The molecule has 152 valence electrons. The Balaban J connectivity index is 4.40. The van der Waals surface area contributed by atoms with Gasteiger partial charge in [-0.2, -0.15) is 0 Å². The standard InChI is InChI=1S/C19H44N2O3Si/c1-8-13-19(7,20)15-16-21-18(5,6)14-12-17-25(22-9-2,23-10-3)24-11-4/h21H,8-17,20H2,1-7H3. The number of hydrogen-bond donors (Lipinski definition) is 2. The summed E-state index contributed by atoms with van der Waals surface area (Å²) in [4.78, 5) is 0. The van der Waals surface area contributed by atoms with Crippen LogP contribution >= 0.6 is 0 Å². The molecule has 0 aromatic heterocycles. The van der Waals surface area contributed by atoms with Crippen molar-refractivity contribution in [3.05, 3.63) is 0 Å². The largest absolute Gasteiger partial charge is 0.500 e. The van der Waals surface area contributed by atoms with Gasteiger partial charge in [-0.1, -0.05) is 13.3 Å². The van der Waals surface area contributed by atoms with E-state index in [1.165, 1.54) is 0 Å². The molecule has 0 aliphatic rings. The van der Waals surface area contributed by atoms with E-state index in [1.807, 2.05) is 20.8 Å². The minimum absolute atomic E-state index is 0.0706. The fraction of sp³-hybridized carbons (Fsp3) is 1.00. The summed E-state index contributed by atoms with van der Waals surface area (Å²) in [5, 5.41) is 3.67. The zero-order chi connectivity index (χ0) is 19.4. The Bertz CT molecular complexity index is 322. The summed E-state index contributed by atoms with van der Waals surface area (Å²) in [6.07, 6.45) is 5.29. The van der Waals surface area contributed by atoms with Crippen LogP contribution in [0, 0.1) is 0 Å². The third kappa shape index (κ3) is 11.4. The zero-order valence-corrected chi connectivity index (χ0v) is 18.9. The van der Waals surface area contributed by atoms with Crippen molar-refractivity contribution < 1.29 is 13.3 Å². The molecule has 0 amide bonds. The van der Waals surface area contributed by atoms with Gasteiger partial charge in [0.15, 0.2) is 0 Å². The Hall–Kier alpha value is 0.0169. The van der Waals surface area contributed by atoms with Crippen LogP contribution in [0.25, 0.3) is 0 Å². The molecule has 0 heterocycles. The third-order valence-corrected chi connectivity index (χ3v) is 7.65. The minimum atomic E-state index is -2.51. The van der Waals surface area contributed by atoms with Crippen LogP contribution in [0.3, 0.4) is 0 Å². The molecular formula is C19H44N2O3Si. The number of rotatable bonds is 16. The van der Waals surface area contributed by atoms with Crippen molar-refractivity contribution in [2.45, 2.75) is 97.7 Å². The van der Waals surface area contributed by atoms with E-state index in [4.69, 9.17) is 19.0 Å². The first kappa shape index (κ1) is 25.0. The molecule has 0 aliphatic carbocycles. The fourth-order valence-electron chi connectivity index (χ4n) is 3.22. The number of nitrogens with one attached hydrogen (secondary N) is 1. The highest BCUT2D eigenvalue weighted by Gasteiger charge is 2.40. The lowest BCUT2D eigenvalue weighted by Gasteiger charge is -2.32. The van der Waals surface area contributed by atoms with E-state index in [2.05, 4.69) is 33.0 Å². The Morgan fingerprint density at radius 2 is 1.36 bits per heavy atom. The van der Waals surface area contributed by atoms with Gasteiger partial charge in [-0.25, -0.2) is 0 Å². The summed E-state index contributed by atoms with van der Waals surface area (Å²) in [5.41, 5.74) is 6.34. The van der Waals surface area contributed by atoms with Crippen molar-refractivity contribution in [1.29, 1.82) is 0 Å². The molecule has 0 aliphatic heterocycles. The molecule has 5 nitrogen and oxygen atoms in total. The van der Waals surface area contributed by atoms with Crippen molar-refractivity contribution in [3.63, 3.8) is 0 Å². The molecule has 0 spiro atoms. The average Bonchev–Trinajstić information content (AvgIpc) is 2.47. The minimum Gasteiger partial charge on any atom is -0.374 e. The summed E-state index contributed by atoms with van der Waals surface area (Å²) in [6.45, 7) is 17.7. The molecule has 0 aromatic carbocycles. The molecule has 0 rings (SSSR count). The van der Waals surface area contributed by atoms with Gasteiger partial charge in [-0.05, 0) is 73.8 Å². The lowest BCUT2D eigenvalue weighted by atomic mass is 9.92. The van der Waals surface area contributed by atoms with E-state index in [1.54, 1.807) is 0 Å². The van der Waals surface area contributed by atoms with Gasteiger partial charge in [-0.15, -0.1) is 0 Å². The summed E-state index contributed by atoms with van der Waals surface area (Å²) in [6, 6.07) is 0.873. The predicted octanol–water partition coefficient (Wildman–Crippen LogP) is 4.09. The zero-order valence-electron chi connectivity index (χ0n) is 17.9. The second-order valence-corrected chi connectivity index (χ2v) is 10.5. The highest BCUT2D eigenvalue weighted by molar-refractivity contribution is 6.60. The van der Waals surface area contributed by atoms with Gasteiger partial charge in [-0.3, -0.25) is 0 Å². The molecule has 25 heavy (non-hydrogen) atoms. The normalized spacial score (nSPS) is 15.4. The van der Waals surface area contributed by atoms with Crippen LogP contribution in [0.2, 0.25) is 6.04 Å². The van der Waals surface area contributed by atoms with E-state index in [0.29, 0.717) is 19.8 Å². The van der Waals surface area contributed by atoms with Crippen LogP contribution in [0.5, 0.6) is 0 Å². The van der Waals surface area contributed by atoms with Gasteiger partial charge in [0.2, 0.25) is 0 Å². The molecular weight excluding hydrogens is 332 g/mol. The van der Waals surface area contributed by atoms with Crippen LogP contribution in [-0.4, -0.2) is 46.2 Å². The number of hydrogen-bond acceptors (Lipinski definition) is 5. The van der Waals surface area contributed by atoms with Gasteiger partial charge < -0.3 is 24.3 Å². The maximum atomic E-state index is 6.33. The fourth-order valence-corrected chi connectivity index (χ4v) is 5.83. The lowest BCUT2D eigenvalue weighted by Crippen LogP contribution is -2.47. The second-order valence-electron chi connectivity index (χ2n) is 7.80. The molecule has 1 unspecified atom stereocenters. The van der Waals surface area contributed by atoms with Crippen molar-refractivity contribution in [2.24, 2.45) is 5.73 Å². The van der Waals surface area contributed by atoms with E-state index >= 15 is 0 Å². The number of nitrogens with two attached hydrogens (primary N) is 1. The molecule has 0 aromatic rings. The summed E-state index contributed by atoms with van der Waals surface area (Å²) in [5.74, 6) is 0. The summed E-state index contributed by atoms with van der Waals surface area (Å²) >= 11 is 0. The predicted molar refractivity (Wildman–Crippen MR) is 109 cm³/mol. The quantitative estimate of drug-likeness (QED) is 0.397. The second kappa shape index (κ2) is 12.4. The van der Waals surface area contributed by atoms with Crippen molar-refractivity contribution in [2.75, 3.05) is 26.4 Å². The van der Waals surface area contributed by atoms with Crippen LogP contribution < -0.4 is 11.1 Å². The van der Waals surface area contributed by atoms with Gasteiger partial charge in [0.25, 0.3) is 0 Å². The monoisotopic (exact) mass is 376 g/mol. The van der Waals surface area contributed by atoms with Gasteiger partial charge in [0.05, 0.1) is 0 Å². The SMILES string of the molecule is CCCC(C)(N)CCNC(C)(C)CCC[Si](OCC)(OCC)OCC. The Morgan fingerprint density at radius 1 is 0.840 bits per heavy atom. The van der Waals surface area contributed by atoms with Crippen molar-refractivity contribution >= 4 is 8.80 Å². The Labute approximate surface area is 157 Å². The first-order valence-corrected chi connectivity index (χ1v) is 12.0. The molecule has 3 N–H and O–H groups in total. The molecule has 0 radical (unpaired) electrons. The van der Waals surface area contributed by atoms with Crippen LogP contribution in [0.15, 0.2) is 0 Å². The van der Waals surface area contributed by atoms with Crippen LogP contribution in [-0.2, 0) is 13.3 Å². The van der Waals surface area contributed by atoms with E-state index in [0.717, 1.165) is 44.7 Å². The maximum Gasteiger partial charge on any atom is 0.500 e. The van der Waals surface area contributed by atoms with Gasteiger partial charge in [0, 0.05) is 36.9 Å². The molecule has 0 bridgehead atoms. The van der Waals surface area contributed by atoms with E-state index in [9.17, 15) is 0 Å². The molecule has 0 saturated heterocycles. The van der Waals surface area contributed by atoms with Crippen molar-refractivity contribution in [1.82, 2.24) is 5.32 Å². The van der Waals surface area contributed by atoms with Gasteiger partial charge in [0.1, 0.15) is 0 Å². The Morgan fingerprint density at radius 3 is 1.80 bits per heavy atom. The summed E-state index contributed by atoms with van der Waals surface area (Å²) in [7, 11) is -2.51. The first-order chi connectivity index (χ1) is 11.7. The first-order valence-electron chi connectivity index (χ1n) is 10.1. The van der Waals surface area contributed by atoms with Crippen molar-refractivity contribution in [3.8, 4) is 0 Å². The van der Waals surface area contributed by atoms with Crippen LogP contribution in [0.4, 0.5) is 0 Å². The summed E-state index contributed by atoms with van der Waals surface area (Å²) < 4.78 is 17.8. The highest BCUT2D eigenvalue weighted by Crippen LogP contribution is 2.23. The lowest BCUT2D eigenvalue weighted by molar-refractivity contribution is 0.0702. The smallest absolute Gasteiger partial charge is 0.374 e. The molecule has 0 fully saturated rings. The van der Waals surface area contributed by atoms with E-state index < -0.39 is 8.80 Å². The molecule has 6 heteroatoms. The highest BCUT2D eigenvalue weighted by atomic mass is 28.4. The van der Waals surface area contributed by atoms with Crippen LogP contribution in [0.1, 0.15) is 80.6 Å².